The lowest BCUT2D eigenvalue weighted by Crippen LogP contribution is -2.35. The molecule has 0 heterocycles. The van der Waals surface area contributed by atoms with Crippen molar-refractivity contribution in [2.45, 2.75) is 13.3 Å². The van der Waals surface area contributed by atoms with Crippen LogP contribution in [0.25, 0.3) is 0 Å². The Morgan fingerprint density at radius 3 is 2.46 bits per heavy atom. The van der Waals surface area contributed by atoms with Gasteiger partial charge in [0, 0.05) is 11.6 Å². The molecule has 0 saturated heterocycles. The quantitative estimate of drug-likeness (QED) is 0.436. The topological polar surface area (TPSA) is 83.9 Å². The van der Waals surface area contributed by atoms with E-state index in [4.69, 9.17) is 0 Å². The summed E-state index contributed by atoms with van der Waals surface area (Å²) in [5, 5.41) is 2.13. The molecule has 0 rings (SSSR count). The van der Waals surface area contributed by atoms with Gasteiger partial charge in [0.15, 0.2) is 0 Å². The van der Waals surface area contributed by atoms with Gasteiger partial charge < -0.3 is 9.69 Å². The minimum atomic E-state index is -0.955. The van der Waals surface area contributed by atoms with Gasteiger partial charge in [-0.25, -0.2) is 0 Å². The molecule has 0 saturated carbocycles. The van der Waals surface area contributed by atoms with Gasteiger partial charge >= 0.3 is 5.91 Å². The average Bonchev–Trinajstić information content (AvgIpc) is 2.15. The first-order valence-corrected chi connectivity index (χ1v) is 3.73. The van der Waals surface area contributed by atoms with E-state index in [9.17, 15) is 19.3 Å². The number of aldehydes is 1. The Labute approximate surface area is 74.9 Å². The average molecular weight is 186 g/mol. The number of hydrogen-bond donors (Lipinski definition) is 0. The standard InChI is InChI=1S/C7H10N2O4/c1-2-7(12)9(3-4-10)5-6(11)8-13/h4H,2-3,5H2,1H3. The molecule has 0 atom stereocenters. The van der Waals surface area contributed by atoms with Crippen molar-refractivity contribution in [3.63, 3.8) is 0 Å². The van der Waals surface area contributed by atoms with Crippen LogP contribution in [0.15, 0.2) is 5.18 Å². The molecule has 2 amide bonds. The van der Waals surface area contributed by atoms with Gasteiger partial charge in [0.2, 0.25) is 5.91 Å². The molecule has 72 valence electrons. The molecule has 0 aliphatic rings. The van der Waals surface area contributed by atoms with Gasteiger partial charge in [0.25, 0.3) is 0 Å². The summed E-state index contributed by atoms with van der Waals surface area (Å²) < 4.78 is 0. The van der Waals surface area contributed by atoms with Gasteiger partial charge in [0.1, 0.15) is 12.8 Å². The number of nitrogens with zero attached hydrogens (tertiary/aromatic N) is 2. The second-order valence-electron chi connectivity index (χ2n) is 2.28. The van der Waals surface area contributed by atoms with E-state index in [1.807, 2.05) is 0 Å². The summed E-state index contributed by atoms with van der Waals surface area (Å²) in [6, 6.07) is 0. The van der Waals surface area contributed by atoms with E-state index in [1.54, 1.807) is 6.92 Å². The highest BCUT2D eigenvalue weighted by molar-refractivity contribution is 5.86. The summed E-state index contributed by atoms with van der Waals surface area (Å²) in [6.45, 7) is 0.988. The molecular weight excluding hydrogens is 176 g/mol. The number of amides is 2. The molecule has 0 N–H and O–H groups in total. The minimum Gasteiger partial charge on any atom is -0.326 e. The highest BCUT2D eigenvalue weighted by atomic mass is 16.3. The van der Waals surface area contributed by atoms with Gasteiger partial charge in [-0.3, -0.25) is 9.59 Å². The fourth-order valence-electron chi connectivity index (χ4n) is 0.760. The molecule has 0 aliphatic heterocycles. The van der Waals surface area contributed by atoms with E-state index in [2.05, 4.69) is 5.18 Å². The number of nitroso groups, excluding NO2 is 1. The van der Waals surface area contributed by atoms with Crippen LogP contribution in [0.3, 0.4) is 0 Å². The van der Waals surface area contributed by atoms with Crippen molar-refractivity contribution in [1.82, 2.24) is 4.90 Å². The summed E-state index contributed by atoms with van der Waals surface area (Å²) in [6.07, 6.45) is 0.672. The highest BCUT2D eigenvalue weighted by Crippen LogP contribution is 1.93. The number of carbonyl (C=O) groups excluding carboxylic acids is 3. The smallest absolute Gasteiger partial charge is 0.305 e. The number of rotatable bonds is 5. The predicted octanol–water partition coefficient (Wildman–Crippen LogP) is -0.283. The summed E-state index contributed by atoms with van der Waals surface area (Å²) in [5.41, 5.74) is 0. The zero-order chi connectivity index (χ0) is 10.3. The molecule has 0 fully saturated rings. The molecule has 0 bridgehead atoms. The van der Waals surface area contributed by atoms with Crippen molar-refractivity contribution < 1.29 is 14.4 Å². The van der Waals surface area contributed by atoms with Crippen molar-refractivity contribution >= 4 is 18.1 Å². The molecule has 0 aromatic heterocycles. The van der Waals surface area contributed by atoms with E-state index >= 15 is 0 Å². The van der Waals surface area contributed by atoms with Gasteiger partial charge in [-0.15, -0.1) is 4.91 Å². The van der Waals surface area contributed by atoms with Crippen LogP contribution < -0.4 is 0 Å². The maximum absolute atomic E-state index is 11.0. The zero-order valence-corrected chi connectivity index (χ0v) is 7.23. The van der Waals surface area contributed by atoms with Crippen LogP contribution in [0.4, 0.5) is 0 Å². The molecule has 0 spiro atoms. The van der Waals surface area contributed by atoms with Gasteiger partial charge in [0.05, 0.1) is 6.54 Å². The summed E-state index contributed by atoms with van der Waals surface area (Å²) in [7, 11) is 0. The lowest BCUT2D eigenvalue weighted by atomic mass is 10.3. The first kappa shape index (κ1) is 11.4. The molecular formula is C7H10N2O4. The van der Waals surface area contributed by atoms with E-state index in [0.717, 1.165) is 4.90 Å². The lowest BCUT2D eigenvalue weighted by molar-refractivity contribution is -0.136. The molecule has 0 aromatic rings. The SMILES string of the molecule is CCC(=O)N(CC=O)CC(=O)N=O. The molecule has 0 aliphatic carbocycles. The summed E-state index contributed by atoms with van der Waals surface area (Å²) >= 11 is 0. The van der Waals surface area contributed by atoms with Gasteiger partial charge in [-0.2, -0.15) is 0 Å². The maximum atomic E-state index is 11.0. The Balaban J connectivity index is 4.23. The van der Waals surface area contributed by atoms with Crippen LogP contribution in [0.1, 0.15) is 13.3 Å². The molecule has 6 nitrogen and oxygen atoms in total. The van der Waals surface area contributed by atoms with Crippen molar-refractivity contribution in [2.75, 3.05) is 13.1 Å². The Kier molecular flexibility index (Phi) is 5.25. The van der Waals surface area contributed by atoms with Crippen LogP contribution in [-0.4, -0.2) is 36.1 Å². The molecule has 0 aromatic carbocycles. The second-order valence-corrected chi connectivity index (χ2v) is 2.28. The molecule has 0 unspecified atom stereocenters. The first-order valence-electron chi connectivity index (χ1n) is 3.73. The largest absolute Gasteiger partial charge is 0.326 e. The summed E-state index contributed by atoms with van der Waals surface area (Å²) in [5.74, 6) is -1.31. The normalized spacial score (nSPS) is 9.00. The molecule has 6 heteroatoms. The van der Waals surface area contributed by atoms with Gasteiger partial charge in [-0.1, -0.05) is 6.92 Å². The van der Waals surface area contributed by atoms with Gasteiger partial charge in [-0.05, 0) is 0 Å². The van der Waals surface area contributed by atoms with Crippen LogP contribution in [0.5, 0.6) is 0 Å². The van der Waals surface area contributed by atoms with Crippen molar-refractivity contribution in [1.29, 1.82) is 0 Å². The Hall–Kier alpha value is -1.59. The fraction of sp³-hybridized carbons (Fsp3) is 0.571. The second kappa shape index (κ2) is 5.99. The van der Waals surface area contributed by atoms with Crippen LogP contribution in [-0.2, 0) is 14.4 Å². The molecule has 0 radical (unpaired) electrons. The third-order valence-electron chi connectivity index (χ3n) is 1.38. The van der Waals surface area contributed by atoms with E-state index in [0.29, 0.717) is 6.29 Å². The van der Waals surface area contributed by atoms with Crippen molar-refractivity contribution in [2.24, 2.45) is 5.18 Å². The predicted molar refractivity (Wildman–Crippen MR) is 43.7 cm³/mol. The van der Waals surface area contributed by atoms with Crippen molar-refractivity contribution in [3.05, 3.63) is 4.91 Å². The monoisotopic (exact) mass is 186 g/mol. The Morgan fingerprint density at radius 1 is 1.46 bits per heavy atom. The van der Waals surface area contributed by atoms with Crippen molar-refractivity contribution in [3.8, 4) is 0 Å². The Bertz CT molecular complexity index is 227. The van der Waals surface area contributed by atoms with Crippen LogP contribution in [0, 0.1) is 4.91 Å². The summed E-state index contributed by atoms with van der Waals surface area (Å²) in [4.78, 5) is 42.4. The number of carbonyl (C=O) groups is 3. The first-order chi connectivity index (χ1) is 6.15. The minimum absolute atomic E-state index is 0.181. The number of hydrogen-bond acceptors (Lipinski definition) is 4. The third kappa shape index (κ3) is 4.09. The highest BCUT2D eigenvalue weighted by Gasteiger charge is 2.14. The molecule has 13 heavy (non-hydrogen) atoms. The van der Waals surface area contributed by atoms with E-state index in [-0.39, 0.29) is 18.9 Å². The fourth-order valence-corrected chi connectivity index (χ4v) is 0.760. The maximum Gasteiger partial charge on any atom is 0.305 e. The zero-order valence-electron chi connectivity index (χ0n) is 7.23. The van der Waals surface area contributed by atoms with E-state index < -0.39 is 12.5 Å². The van der Waals surface area contributed by atoms with Crippen LogP contribution >= 0.6 is 0 Å². The van der Waals surface area contributed by atoms with E-state index in [1.165, 1.54) is 0 Å². The lowest BCUT2D eigenvalue weighted by Gasteiger charge is -2.16. The third-order valence-corrected chi connectivity index (χ3v) is 1.38. The van der Waals surface area contributed by atoms with Crippen LogP contribution in [0.2, 0.25) is 0 Å². The Morgan fingerprint density at radius 2 is 2.08 bits per heavy atom.